The van der Waals surface area contributed by atoms with Gasteiger partial charge in [-0.2, -0.15) is 0 Å². The number of carbonyl (C=O) groups is 1. The summed E-state index contributed by atoms with van der Waals surface area (Å²) in [5.41, 5.74) is 10.4. The quantitative estimate of drug-likeness (QED) is 0.851. The average Bonchev–Trinajstić information content (AvgIpc) is 2.39. The van der Waals surface area contributed by atoms with Crippen LogP contribution < -0.4 is 5.73 Å². The van der Waals surface area contributed by atoms with Crippen molar-refractivity contribution in [1.82, 2.24) is 0 Å². The van der Waals surface area contributed by atoms with Crippen LogP contribution in [0.3, 0.4) is 0 Å². The summed E-state index contributed by atoms with van der Waals surface area (Å²) in [5, 5.41) is 0. The Labute approximate surface area is 114 Å². The highest BCUT2D eigenvalue weighted by Crippen LogP contribution is 2.18. The van der Waals surface area contributed by atoms with Crippen molar-refractivity contribution >= 4 is 5.78 Å². The van der Waals surface area contributed by atoms with Crippen molar-refractivity contribution in [2.24, 2.45) is 5.73 Å². The predicted molar refractivity (Wildman–Crippen MR) is 78.5 cm³/mol. The van der Waals surface area contributed by atoms with Crippen LogP contribution in [0.5, 0.6) is 0 Å². The van der Waals surface area contributed by atoms with Crippen molar-refractivity contribution in [3.8, 4) is 0 Å². The van der Waals surface area contributed by atoms with Gasteiger partial charge >= 0.3 is 0 Å². The van der Waals surface area contributed by atoms with E-state index in [0.717, 1.165) is 28.7 Å². The van der Waals surface area contributed by atoms with Gasteiger partial charge in [-0.1, -0.05) is 48.0 Å². The zero-order valence-corrected chi connectivity index (χ0v) is 11.4. The van der Waals surface area contributed by atoms with Crippen LogP contribution in [0.1, 0.15) is 32.6 Å². The van der Waals surface area contributed by atoms with Gasteiger partial charge in [0.05, 0.1) is 0 Å². The van der Waals surface area contributed by atoms with Gasteiger partial charge in [0.2, 0.25) is 0 Å². The van der Waals surface area contributed by atoms with E-state index in [-0.39, 0.29) is 5.78 Å². The fraction of sp³-hybridized carbons (Fsp3) is 0.235. The first-order valence-corrected chi connectivity index (χ1v) is 6.53. The van der Waals surface area contributed by atoms with Crippen molar-refractivity contribution in [3.05, 3.63) is 70.3 Å². The van der Waals surface area contributed by atoms with E-state index in [4.69, 9.17) is 5.73 Å². The van der Waals surface area contributed by atoms with Crippen molar-refractivity contribution in [1.29, 1.82) is 0 Å². The van der Waals surface area contributed by atoms with Gasteiger partial charge < -0.3 is 5.73 Å². The molecule has 0 aliphatic heterocycles. The fourth-order valence-corrected chi connectivity index (χ4v) is 2.33. The molecule has 0 aliphatic rings. The molecule has 2 N–H and O–H groups in total. The third-order valence-electron chi connectivity index (χ3n) is 3.30. The molecule has 2 rings (SSSR count). The Kier molecular flexibility index (Phi) is 4.13. The first-order valence-electron chi connectivity index (χ1n) is 6.53. The molecule has 0 saturated carbocycles. The van der Waals surface area contributed by atoms with Crippen molar-refractivity contribution in [2.75, 3.05) is 6.54 Å². The summed E-state index contributed by atoms with van der Waals surface area (Å²) in [5.74, 6) is 0.0848. The van der Waals surface area contributed by atoms with Crippen LogP contribution >= 0.6 is 0 Å². The highest BCUT2D eigenvalue weighted by molar-refractivity contribution is 6.10. The Morgan fingerprint density at radius 1 is 1.05 bits per heavy atom. The molecule has 0 heterocycles. The minimum Gasteiger partial charge on any atom is -0.330 e. The standard InChI is InChI=1S/C17H19NO/c1-12-7-8-15(13(2)11-12)17(19)16-6-4-3-5-14(16)9-10-18/h3-8,11H,9-10,18H2,1-2H3. The third kappa shape index (κ3) is 2.91. The SMILES string of the molecule is Cc1ccc(C(=O)c2ccccc2CCN)c(C)c1. The molecule has 0 atom stereocenters. The Bertz CT molecular complexity index is 602. The smallest absolute Gasteiger partial charge is 0.193 e. The molecule has 0 unspecified atom stereocenters. The van der Waals surface area contributed by atoms with Crippen LogP contribution in [0.15, 0.2) is 42.5 Å². The van der Waals surface area contributed by atoms with Crippen molar-refractivity contribution in [3.63, 3.8) is 0 Å². The van der Waals surface area contributed by atoms with E-state index in [9.17, 15) is 4.79 Å². The molecular formula is C17H19NO. The number of hydrogen-bond donors (Lipinski definition) is 1. The summed E-state index contributed by atoms with van der Waals surface area (Å²) in [7, 11) is 0. The molecule has 0 bridgehead atoms. The van der Waals surface area contributed by atoms with Crippen LogP contribution in [0, 0.1) is 13.8 Å². The maximum atomic E-state index is 12.6. The largest absolute Gasteiger partial charge is 0.330 e. The summed E-state index contributed by atoms with van der Waals surface area (Å²) in [6, 6.07) is 13.6. The Morgan fingerprint density at radius 2 is 1.79 bits per heavy atom. The molecule has 0 spiro atoms. The van der Waals surface area contributed by atoms with E-state index in [0.29, 0.717) is 6.54 Å². The second kappa shape index (κ2) is 5.81. The molecule has 2 nitrogen and oxygen atoms in total. The third-order valence-corrected chi connectivity index (χ3v) is 3.30. The molecule has 2 aromatic rings. The summed E-state index contributed by atoms with van der Waals surface area (Å²) in [6.07, 6.45) is 0.729. The van der Waals surface area contributed by atoms with Gasteiger partial charge in [0.25, 0.3) is 0 Å². The Balaban J connectivity index is 2.44. The molecule has 0 amide bonds. The molecule has 98 valence electrons. The summed E-state index contributed by atoms with van der Waals surface area (Å²) in [4.78, 5) is 12.6. The number of carbonyl (C=O) groups excluding carboxylic acids is 1. The molecule has 2 aromatic carbocycles. The minimum absolute atomic E-state index is 0.0848. The first-order chi connectivity index (χ1) is 9.13. The lowest BCUT2D eigenvalue weighted by Crippen LogP contribution is -2.10. The topological polar surface area (TPSA) is 43.1 Å². The van der Waals surface area contributed by atoms with Gasteiger partial charge in [-0.3, -0.25) is 4.79 Å². The molecular weight excluding hydrogens is 234 g/mol. The minimum atomic E-state index is 0.0848. The van der Waals surface area contributed by atoms with Gasteiger partial charge in [0, 0.05) is 11.1 Å². The average molecular weight is 253 g/mol. The molecule has 0 aromatic heterocycles. The second-order valence-electron chi connectivity index (χ2n) is 4.84. The van der Waals surface area contributed by atoms with E-state index < -0.39 is 0 Å². The summed E-state index contributed by atoms with van der Waals surface area (Å²) < 4.78 is 0. The molecule has 0 aliphatic carbocycles. The van der Waals surface area contributed by atoms with Gasteiger partial charge in [0.1, 0.15) is 0 Å². The van der Waals surface area contributed by atoms with Crippen LogP contribution in [0.2, 0.25) is 0 Å². The number of aryl methyl sites for hydroxylation is 2. The lowest BCUT2D eigenvalue weighted by Gasteiger charge is -2.10. The zero-order valence-electron chi connectivity index (χ0n) is 11.4. The van der Waals surface area contributed by atoms with Gasteiger partial charge in [0.15, 0.2) is 5.78 Å². The van der Waals surface area contributed by atoms with Crippen molar-refractivity contribution in [2.45, 2.75) is 20.3 Å². The van der Waals surface area contributed by atoms with Crippen LogP contribution in [0.4, 0.5) is 0 Å². The van der Waals surface area contributed by atoms with E-state index in [1.165, 1.54) is 5.56 Å². The molecule has 19 heavy (non-hydrogen) atoms. The molecule has 0 saturated heterocycles. The van der Waals surface area contributed by atoms with E-state index >= 15 is 0 Å². The predicted octanol–water partition coefficient (Wildman–Crippen LogP) is 3.04. The molecule has 0 fully saturated rings. The van der Waals surface area contributed by atoms with E-state index in [1.54, 1.807) is 0 Å². The number of ketones is 1. The maximum Gasteiger partial charge on any atom is 0.193 e. The van der Waals surface area contributed by atoms with Gasteiger partial charge in [-0.25, -0.2) is 0 Å². The number of benzene rings is 2. The number of rotatable bonds is 4. The van der Waals surface area contributed by atoms with E-state index in [2.05, 4.69) is 0 Å². The molecule has 2 heteroatoms. The lowest BCUT2D eigenvalue weighted by molar-refractivity contribution is 0.103. The van der Waals surface area contributed by atoms with Gasteiger partial charge in [-0.05, 0) is 37.9 Å². The van der Waals surface area contributed by atoms with Gasteiger partial charge in [-0.15, -0.1) is 0 Å². The normalized spacial score (nSPS) is 10.5. The monoisotopic (exact) mass is 253 g/mol. The fourth-order valence-electron chi connectivity index (χ4n) is 2.33. The Hall–Kier alpha value is -1.93. The Morgan fingerprint density at radius 3 is 2.47 bits per heavy atom. The van der Waals surface area contributed by atoms with E-state index in [1.807, 2.05) is 56.3 Å². The number of hydrogen-bond acceptors (Lipinski definition) is 2. The highest BCUT2D eigenvalue weighted by Gasteiger charge is 2.14. The van der Waals surface area contributed by atoms with Crippen molar-refractivity contribution < 1.29 is 4.79 Å². The summed E-state index contributed by atoms with van der Waals surface area (Å²) >= 11 is 0. The maximum absolute atomic E-state index is 12.6. The second-order valence-corrected chi connectivity index (χ2v) is 4.84. The van der Waals surface area contributed by atoms with Crippen LogP contribution in [0.25, 0.3) is 0 Å². The highest BCUT2D eigenvalue weighted by atomic mass is 16.1. The number of nitrogens with two attached hydrogens (primary N) is 1. The first kappa shape index (κ1) is 13.5. The van der Waals surface area contributed by atoms with Crippen LogP contribution in [-0.2, 0) is 6.42 Å². The molecule has 0 radical (unpaired) electrons. The van der Waals surface area contributed by atoms with Crippen LogP contribution in [-0.4, -0.2) is 12.3 Å². The zero-order chi connectivity index (χ0) is 13.8. The lowest BCUT2D eigenvalue weighted by atomic mass is 9.93. The summed E-state index contributed by atoms with van der Waals surface area (Å²) in [6.45, 7) is 4.56.